The molecule has 0 aliphatic heterocycles. The average molecular weight is 294 g/mol. The molecule has 2 aromatic carbocycles. The maximum absolute atomic E-state index is 2.40. The molecule has 0 spiro atoms. The lowest BCUT2D eigenvalue weighted by Gasteiger charge is -2.17. The molecule has 0 bridgehead atoms. The molecule has 0 atom stereocenters. The largest absolute Gasteiger partial charge is 0.305 e. The molecule has 0 aromatic heterocycles. The molecule has 0 saturated carbocycles. The zero-order chi connectivity index (χ0) is 15.7. The van der Waals surface area contributed by atoms with E-state index in [9.17, 15) is 0 Å². The summed E-state index contributed by atoms with van der Waals surface area (Å²) in [5.41, 5.74) is 8.76. The summed E-state index contributed by atoms with van der Waals surface area (Å²) in [6.07, 6.45) is 1.08. The summed E-state index contributed by atoms with van der Waals surface area (Å²) in [4.78, 5) is 4.60. The normalized spacial score (nSPS) is 12.8. The van der Waals surface area contributed by atoms with Gasteiger partial charge < -0.3 is 9.80 Å². The molecule has 0 amide bonds. The van der Waals surface area contributed by atoms with Crippen LogP contribution in [-0.4, -0.2) is 37.5 Å². The molecule has 2 aromatic rings. The minimum atomic E-state index is 1.000. The third-order valence-electron chi connectivity index (χ3n) is 4.54. The predicted molar refractivity (Wildman–Crippen MR) is 94.1 cm³/mol. The lowest BCUT2D eigenvalue weighted by molar-refractivity contribution is 0.346. The minimum Gasteiger partial charge on any atom is -0.305 e. The molecule has 0 saturated heterocycles. The molecule has 0 N–H and O–H groups in total. The highest BCUT2D eigenvalue weighted by Crippen LogP contribution is 2.39. The fourth-order valence-electron chi connectivity index (χ4n) is 3.36. The zero-order valence-corrected chi connectivity index (χ0v) is 14.2. The summed E-state index contributed by atoms with van der Waals surface area (Å²) < 4.78 is 0. The van der Waals surface area contributed by atoms with Crippen molar-refractivity contribution in [3.63, 3.8) is 0 Å². The van der Waals surface area contributed by atoms with Crippen molar-refractivity contribution in [3.05, 3.63) is 58.7 Å². The van der Waals surface area contributed by atoms with Gasteiger partial charge in [-0.3, -0.25) is 0 Å². The molecule has 2 heteroatoms. The van der Waals surface area contributed by atoms with Crippen LogP contribution in [0, 0.1) is 0 Å². The van der Waals surface area contributed by atoms with Crippen molar-refractivity contribution in [1.29, 1.82) is 0 Å². The van der Waals surface area contributed by atoms with Crippen molar-refractivity contribution in [3.8, 4) is 11.1 Å². The molecule has 0 unspecified atom stereocenters. The Labute approximate surface area is 134 Å². The molecule has 22 heavy (non-hydrogen) atoms. The molecule has 0 radical (unpaired) electrons. The zero-order valence-electron chi connectivity index (χ0n) is 14.2. The van der Waals surface area contributed by atoms with Gasteiger partial charge >= 0.3 is 0 Å². The maximum atomic E-state index is 2.40. The first-order valence-corrected chi connectivity index (χ1v) is 8.14. The van der Waals surface area contributed by atoms with Crippen molar-refractivity contribution >= 4 is 0 Å². The van der Waals surface area contributed by atoms with Crippen molar-refractivity contribution in [2.75, 3.05) is 27.7 Å². The highest BCUT2D eigenvalue weighted by molar-refractivity contribution is 5.80. The van der Waals surface area contributed by atoms with Crippen molar-refractivity contribution in [2.45, 2.75) is 26.4 Å². The second-order valence-corrected chi connectivity index (χ2v) is 6.69. The van der Waals surface area contributed by atoms with E-state index < -0.39 is 0 Å². The third kappa shape index (κ3) is 2.94. The lowest BCUT2D eigenvalue weighted by Crippen LogP contribution is -2.17. The van der Waals surface area contributed by atoms with Gasteiger partial charge in [0, 0.05) is 13.1 Å². The van der Waals surface area contributed by atoms with Crippen LogP contribution in [0.5, 0.6) is 0 Å². The Morgan fingerprint density at radius 1 is 0.955 bits per heavy atom. The molecular formula is C20H26N2. The monoisotopic (exact) mass is 294 g/mol. The van der Waals surface area contributed by atoms with Crippen molar-refractivity contribution < 1.29 is 0 Å². The number of hydrogen-bond donors (Lipinski definition) is 0. The van der Waals surface area contributed by atoms with E-state index in [0.29, 0.717) is 0 Å². The van der Waals surface area contributed by atoms with Gasteiger partial charge in [-0.15, -0.1) is 0 Å². The quantitative estimate of drug-likeness (QED) is 0.707. The summed E-state index contributed by atoms with van der Waals surface area (Å²) in [5, 5.41) is 0. The number of benzene rings is 2. The number of rotatable bonds is 5. The summed E-state index contributed by atoms with van der Waals surface area (Å²) in [6.45, 7) is 5.32. The van der Waals surface area contributed by atoms with Gasteiger partial charge in [0.1, 0.15) is 0 Å². The smallest absolute Gasteiger partial charge is 0.0236 e. The Hall–Kier alpha value is -1.64. The highest BCUT2D eigenvalue weighted by Gasteiger charge is 2.21. The summed E-state index contributed by atoms with van der Waals surface area (Å²) in [7, 11) is 6.45. The van der Waals surface area contributed by atoms with E-state index in [-0.39, 0.29) is 0 Å². The maximum Gasteiger partial charge on any atom is 0.0236 e. The first kappa shape index (κ1) is 15.3. The van der Waals surface area contributed by atoms with Crippen LogP contribution in [-0.2, 0) is 19.5 Å². The second kappa shape index (κ2) is 6.23. The van der Waals surface area contributed by atoms with Crippen LogP contribution >= 0.6 is 0 Å². The Morgan fingerprint density at radius 3 is 2.50 bits per heavy atom. The SMILES string of the molecule is CCN(C)Cc1cccc2c1-c1cc(CN(C)C)ccc1C2. The summed E-state index contributed by atoms with van der Waals surface area (Å²) in [5.74, 6) is 0. The Balaban J connectivity index is 2.02. The van der Waals surface area contributed by atoms with Crippen molar-refractivity contribution in [2.24, 2.45) is 0 Å². The molecule has 0 heterocycles. The van der Waals surface area contributed by atoms with Gasteiger partial charge in [-0.2, -0.15) is 0 Å². The van der Waals surface area contributed by atoms with Crippen LogP contribution in [0.25, 0.3) is 11.1 Å². The van der Waals surface area contributed by atoms with Crippen LogP contribution in [0.4, 0.5) is 0 Å². The number of fused-ring (bicyclic) bond motifs is 3. The van der Waals surface area contributed by atoms with Gasteiger partial charge in [0.25, 0.3) is 0 Å². The summed E-state index contributed by atoms with van der Waals surface area (Å²) >= 11 is 0. The van der Waals surface area contributed by atoms with E-state index in [4.69, 9.17) is 0 Å². The molecule has 3 rings (SSSR count). The first-order valence-electron chi connectivity index (χ1n) is 8.14. The molecular weight excluding hydrogens is 268 g/mol. The Morgan fingerprint density at radius 2 is 1.77 bits per heavy atom. The Kier molecular flexibility index (Phi) is 4.32. The van der Waals surface area contributed by atoms with Gasteiger partial charge in [-0.25, -0.2) is 0 Å². The average Bonchev–Trinajstić information content (AvgIpc) is 2.85. The molecule has 1 aliphatic rings. The van der Waals surface area contributed by atoms with Crippen LogP contribution in [0.3, 0.4) is 0 Å². The highest BCUT2D eigenvalue weighted by atomic mass is 15.1. The van der Waals surface area contributed by atoms with Crippen molar-refractivity contribution in [1.82, 2.24) is 9.80 Å². The first-order chi connectivity index (χ1) is 10.6. The fraction of sp³-hybridized carbons (Fsp3) is 0.400. The van der Waals surface area contributed by atoms with Crippen LogP contribution in [0.1, 0.15) is 29.2 Å². The lowest BCUT2D eigenvalue weighted by atomic mass is 9.97. The van der Waals surface area contributed by atoms with E-state index in [1.807, 2.05) is 0 Å². The topological polar surface area (TPSA) is 6.48 Å². The minimum absolute atomic E-state index is 1.000. The van der Waals surface area contributed by atoms with Crippen LogP contribution < -0.4 is 0 Å². The van der Waals surface area contributed by atoms with Crippen LogP contribution in [0.2, 0.25) is 0 Å². The van der Waals surface area contributed by atoms with Gasteiger partial charge in [0.15, 0.2) is 0 Å². The number of hydrogen-bond acceptors (Lipinski definition) is 2. The molecule has 116 valence electrons. The van der Waals surface area contributed by atoms with Crippen LogP contribution in [0.15, 0.2) is 36.4 Å². The second-order valence-electron chi connectivity index (χ2n) is 6.69. The molecule has 1 aliphatic carbocycles. The Bertz CT molecular complexity index is 673. The van der Waals surface area contributed by atoms with E-state index in [1.54, 1.807) is 0 Å². The predicted octanol–water partition coefficient (Wildman–Crippen LogP) is 3.77. The van der Waals surface area contributed by atoms with E-state index in [2.05, 4.69) is 74.3 Å². The fourth-order valence-corrected chi connectivity index (χ4v) is 3.36. The van der Waals surface area contributed by atoms with E-state index in [0.717, 1.165) is 26.1 Å². The van der Waals surface area contributed by atoms with Gasteiger partial charge in [-0.05, 0) is 73.6 Å². The van der Waals surface area contributed by atoms with Gasteiger partial charge in [-0.1, -0.05) is 37.3 Å². The summed E-state index contributed by atoms with van der Waals surface area (Å²) in [6, 6.07) is 13.8. The standard InChI is InChI=1S/C20H26N2/c1-5-22(4)14-18-8-6-7-17-12-16-10-9-15(13-21(2)3)11-19(16)20(17)18/h6-11H,5,12-14H2,1-4H3. The molecule has 2 nitrogen and oxygen atoms in total. The van der Waals surface area contributed by atoms with Gasteiger partial charge in [0.05, 0.1) is 0 Å². The van der Waals surface area contributed by atoms with Gasteiger partial charge in [0.2, 0.25) is 0 Å². The van der Waals surface area contributed by atoms with E-state index >= 15 is 0 Å². The van der Waals surface area contributed by atoms with E-state index in [1.165, 1.54) is 33.4 Å². The third-order valence-corrected chi connectivity index (χ3v) is 4.54. The molecule has 0 fully saturated rings. The number of nitrogens with zero attached hydrogens (tertiary/aromatic N) is 2.